The van der Waals surface area contributed by atoms with Crippen LogP contribution in [0.2, 0.25) is 0 Å². The van der Waals surface area contributed by atoms with Crippen LogP contribution < -0.4 is 9.47 Å². The van der Waals surface area contributed by atoms with E-state index in [4.69, 9.17) is 19.2 Å². The first kappa shape index (κ1) is 32.1. The molecule has 1 aliphatic heterocycles. The zero-order chi connectivity index (χ0) is 33.6. The molecule has 0 aliphatic carbocycles. The molecule has 0 radical (unpaired) electrons. The summed E-state index contributed by atoms with van der Waals surface area (Å²) in [5.74, 6) is -0.915. The molecular weight excluding hydrogens is 599 g/mol. The second kappa shape index (κ2) is 12.4. The lowest BCUT2D eigenvalue weighted by Crippen LogP contribution is -2.28. The van der Waals surface area contributed by atoms with Crippen molar-refractivity contribution in [2.45, 2.75) is 72.7 Å². The first-order valence-corrected chi connectivity index (χ1v) is 15.7. The predicted octanol–water partition coefficient (Wildman–Crippen LogP) is 7.61. The van der Waals surface area contributed by atoms with E-state index in [0.717, 1.165) is 40.1 Å². The van der Waals surface area contributed by atoms with Gasteiger partial charge in [0.15, 0.2) is 17.7 Å². The van der Waals surface area contributed by atoms with Gasteiger partial charge >= 0.3 is 5.97 Å². The molecule has 0 fully saturated rings. The standard InChI is InChI=1S/C37H39FN4O5/c1-20-15-23(10-12-39-20)19-46-30-16-24(11-13-40-30)29-18-27-32(26-17-28(38)33-25(21(26)2)9-8-14-45-33)31(22(3)41-35(27)42(29)7)34(36(43)44)47-37(4,5)6/h10-13,15-18,34H,8-9,14,19H2,1-7H3,(H,43,44)/t34-/m0/s1. The molecule has 1 aliphatic rings. The van der Waals surface area contributed by atoms with Crippen LogP contribution in [-0.4, -0.2) is 42.8 Å². The number of aromatic nitrogens is 4. The van der Waals surface area contributed by atoms with E-state index in [2.05, 4.69) is 9.97 Å². The van der Waals surface area contributed by atoms with E-state index in [1.54, 1.807) is 19.3 Å². The van der Waals surface area contributed by atoms with Crippen molar-refractivity contribution in [3.63, 3.8) is 0 Å². The summed E-state index contributed by atoms with van der Waals surface area (Å²) in [6.45, 7) is 11.9. The summed E-state index contributed by atoms with van der Waals surface area (Å²) in [6, 6.07) is 11.0. The molecule has 0 amide bonds. The average molecular weight is 639 g/mol. The van der Waals surface area contributed by atoms with Crippen molar-refractivity contribution >= 4 is 17.0 Å². The Balaban J connectivity index is 1.56. The van der Waals surface area contributed by atoms with E-state index in [0.29, 0.717) is 58.9 Å². The van der Waals surface area contributed by atoms with Crippen LogP contribution in [0.5, 0.6) is 11.6 Å². The van der Waals surface area contributed by atoms with Crippen LogP contribution in [-0.2, 0) is 29.6 Å². The zero-order valence-electron chi connectivity index (χ0n) is 27.8. The number of carbonyl (C=O) groups is 1. The highest BCUT2D eigenvalue weighted by Crippen LogP contribution is 2.45. The number of hydrogen-bond acceptors (Lipinski definition) is 7. The van der Waals surface area contributed by atoms with Gasteiger partial charge in [-0.1, -0.05) is 0 Å². The second-order valence-electron chi connectivity index (χ2n) is 13.0. The average Bonchev–Trinajstić information content (AvgIpc) is 3.35. The summed E-state index contributed by atoms with van der Waals surface area (Å²) < 4.78 is 35.7. The van der Waals surface area contributed by atoms with E-state index >= 15 is 4.39 Å². The Labute approximate surface area is 273 Å². The van der Waals surface area contributed by atoms with E-state index < -0.39 is 23.5 Å². The molecule has 0 saturated heterocycles. The molecular formula is C37H39FN4O5. The van der Waals surface area contributed by atoms with Gasteiger partial charge in [0.1, 0.15) is 12.3 Å². The summed E-state index contributed by atoms with van der Waals surface area (Å²) >= 11 is 0. The van der Waals surface area contributed by atoms with Gasteiger partial charge < -0.3 is 23.9 Å². The lowest BCUT2D eigenvalue weighted by Gasteiger charge is -2.29. The third kappa shape index (κ3) is 6.30. The summed E-state index contributed by atoms with van der Waals surface area (Å²) in [5, 5.41) is 11.2. The quantitative estimate of drug-likeness (QED) is 0.185. The molecule has 1 N–H and O–H groups in total. The fourth-order valence-electron chi connectivity index (χ4n) is 6.35. The number of ether oxygens (including phenoxy) is 3. The van der Waals surface area contributed by atoms with Gasteiger partial charge in [0.2, 0.25) is 5.88 Å². The number of aliphatic carboxylic acids is 1. The van der Waals surface area contributed by atoms with Gasteiger partial charge in [-0.05, 0) is 101 Å². The fraction of sp³-hybridized carbons (Fsp3) is 0.351. The normalized spacial score (nSPS) is 13.7. The molecule has 0 saturated carbocycles. The van der Waals surface area contributed by atoms with Crippen molar-refractivity contribution in [3.8, 4) is 34.0 Å². The van der Waals surface area contributed by atoms with Crippen molar-refractivity contribution in [1.82, 2.24) is 19.5 Å². The fourth-order valence-corrected chi connectivity index (χ4v) is 6.35. The SMILES string of the molecule is Cc1cc(COc2cc(-c3cc4c(-c5cc(F)c6c(c5C)CCCO6)c([C@H](OC(C)(C)C)C(=O)O)c(C)nc4n3C)ccn2)ccn1. The van der Waals surface area contributed by atoms with Gasteiger partial charge in [0, 0.05) is 64.5 Å². The molecule has 5 aromatic rings. The highest BCUT2D eigenvalue weighted by molar-refractivity contribution is 6.01. The first-order chi connectivity index (χ1) is 22.3. The number of halogens is 1. The monoisotopic (exact) mass is 638 g/mol. The predicted molar refractivity (Wildman–Crippen MR) is 177 cm³/mol. The summed E-state index contributed by atoms with van der Waals surface area (Å²) in [6.07, 6.45) is 3.51. The Morgan fingerprint density at radius 2 is 1.87 bits per heavy atom. The highest BCUT2D eigenvalue weighted by Gasteiger charge is 2.34. The molecule has 1 aromatic carbocycles. The molecule has 4 aromatic heterocycles. The van der Waals surface area contributed by atoms with Crippen LogP contribution in [0, 0.1) is 26.6 Å². The third-order valence-corrected chi connectivity index (χ3v) is 8.44. The van der Waals surface area contributed by atoms with E-state index in [1.807, 2.05) is 76.6 Å². The van der Waals surface area contributed by atoms with E-state index in [-0.39, 0.29) is 5.75 Å². The molecule has 6 rings (SSSR count). The van der Waals surface area contributed by atoms with Crippen molar-refractivity contribution in [3.05, 3.63) is 88.3 Å². The van der Waals surface area contributed by atoms with Gasteiger partial charge in [0.25, 0.3) is 0 Å². The van der Waals surface area contributed by atoms with Crippen molar-refractivity contribution in [2.75, 3.05) is 6.61 Å². The number of carboxylic acids is 1. The Bertz CT molecular complexity index is 2010. The number of hydrogen-bond donors (Lipinski definition) is 1. The lowest BCUT2D eigenvalue weighted by atomic mass is 9.86. The number of pyridine rings is 3. The summed E-state index contributed by atoms with van der Waals surface area (Å²) in [7, 11) is 1.91. The zero-order valence-corrected chi connectivity index (χ0v) is 27.8. The van der Waals surface area contributed by atoms with Crippen LogP contribution in [0.3, 0.4) is 0 Å². The maximum absolute atomic E-state index is 15.8. The van der Waals surface area contributed by atoms with Gasteiger partial charge in [-0.15, -0.1) is 0 Å². The van der Waals surface area contributed by atoms with Crippen molar-refractivity contribution in [1.29, 1.82) is 0 Å². The van der Waals surface area contributed by atoms with E-state index in [1.165, 1.54) is 6.07 Å². The summed E-state index contributed by atoms with van der Waals surface area (Å²) in [4.78, 5) is 26.5. The first-order valence-electron chi connectivity index (χ1n) is 15.7. The molecule has 0 bridgehead atoms. The maximum atomic E-state index is 15.8. The number of aryl methyl sites for hydroxylation is 3. The second-order valence-corrected chi connectivity index (χ2v) is 13.0. The Hall–Kier alpha value is -4.83. The number of rotatable bonds is 8. The smallest absolute Gasteiger partial charge is 0.337 e. The third-order valence-electron chi connectivity index (χ3n) is 8.44. The van der Waals surface area contributed by atoms with Crippen molar-refractivity contribution in [2.24, 2.45) is 7.05 Å². The molecule has 0 unspecified atom stereocenters. The van der Waals surface area contributed by atoms with Crippen molar-refractivity contribution < 1.29 is 28.5 Å². The lowest BCUT2D eigenvalue weighted by molar-refractivity contribution is -0.160. The Morgan fingerprint density at radius 3 is 2.60 bits per heavy atom. The molecule has 9 nitrogen and oxygen atoms in total. The number of carboxylic acid groups (broad SMARTS) is 1. The number of nitrogens with zero attached hydrogens (tertiary/aromatic N) is 4. The molecule has 1 atom stereocenters. The molecule has 10 heteroatoms. The minimum atomic E-state index is -1.35. The number of benzene rings is 1. The Morgan fingerprint density at radius 1 is 1.11 bits per heavy atom. The van der Waals surface area contributed by atoms with E-state index in [9.17, 15) is 9.90 Å². The van der Waals surface area contributed by atoms with Crippen LogP contribution in [0.1, 0.15) is 66.9 Å². The molecule has 5 heterocycles. The molecule has 47 heavy (non-hydrogen) atoms. The summed E-state index contributed by atoms with van der Waals surface area (Å²) in [5.41, 5.74) is 7.03. The van der Waals surface area contributed by atoms with Gasteiger partial charge in [0.05, 0.1) is 17.9 Å². The maximum Gasteiger partial charge on any atom is 0.337 e. The highest BCUT2D eigenvalue weighted by atomic mass is 19.1. The van der Waals surface area contributed by atoms with Crippen LogP contribution in [0.4, 0.5) is 4.39 Å². The molecule has 244 valence electrons. The Kier molecular flexibility index (Phi) is 8.48. The van der Waals surface area contributed by atoms with Crippen LogP contribution in [0.15, 0.2) is 48.8 Å². The topological polar surface area (TPSA) is 109 Å². The minimum Gasteiger partial charge on any atom is -0.490 e. The molecule has 0 spiro atoms. The van der Waals surface area contributed by atoms with Crippen LogP contribution >= 0.6 is 0 Å². The van der Waals surface area contributed by atoms with Gasteiger partial charge in [-0.25, -0.2) is 19.2 Å². The number of fused-ring (bicyclic) bond motifs is 2. The van der Waals surface area contributed by atoms with Gasteiger partial charge in [-0.2, -0.15) is 0 Å². The largest absolute Gasteiger partial charge is 0.490 e. The minimum absolute atomic E-state index is 0.266. The van der Waals surface area contributed by atoms with Crippen LogP contribution in [0.25, 0.3) is 33.4 Å². The van der Waals surface area contributed by atoms with Gasteiger partial charge in [-0.3, -0.25) is 4.98 Å².